The van der Waals surface area contributed by atoms with Crippen molar-refractivity contribution in [3.05, 3.63) is 12.3 Å². The van der Waals surface area contributed by atoms with Crippen LogP contribution < -0.4 is 0 Å². The van der Waals surface area contributed by atoms with E-state index in [0.29, 0.717) is 0 Å². The third-order valence-electron chi connectivity index (χ3n) is 1.20. The van der Waals surface area contributed by atoms with E-state index in [2.05, 4.69) is 22.4 Å². The molecule has 0 saturated carbocycles. The van der Waals surface area contributed by atoms with Crippen LogP contribution in [0.15, 0.2) is 17.3 Å². The van der Waals surface area contributed by atoms with Gasteiger partial charge in [-0.1, -0.05) is 0 Å². The van der Waals surface area contributed by atoms with Crippen LogP contribution >= 0.6 is 12.2 Å². The van der Waals surface area contributed by atoms with Crippen LogP contribution in [0.2, 0.25) is 0 Å². The van der Waals surface area contributed by atoms with E-state index in [9.17, 15) is 0 Å². The summed E-state index contributed by atoms with van der Waals surface area (Å²) in [5.41, 5.74) is -0.457. The van der Waals surface area contributed by atoms with E-state index in [1.807, 2.05) is 13.0 Å². The zero-order valence-electron chi connectivity index (χ0n) is 5.13. The summed E-state index contributed by atoms with van der Waals surface area (Å²) < 4.78 is 5.10. The van der Waals surface area contributed by atoms with E-state index in [4.69, 9.17) is 4.74 Å². The molecule has 0 N–H and O–H groups in total. The first-order valence-electron chi connectivity index (χ1n) is 2.69. The molecule has 3 heteroatoms. The Hall–Kier alpha value is -0.660. The number of nitrogens with zero attached hydrogens (tertiary/aromatic N) is 1. The van der Waals surface area contributed by atoms with Crippen LogP contribution in [-0.2, 0) is 4.74 Å². The lowest BCUT2D eigenvalue weighted by Crippen LogP contribution is -2.18. The minimum Gasteiger partial charge on any atom is -0.473 e. The summed E-state index contributed by atoms with van der Waals surface area (Å²) in [4.78, 5) is 3.84. The van der Waals surface area contributed by atoms with Gasteiger partial charge < -0.3 is 4.74 Å². The predicted octanol–water partition coefficient (Wildman–Crippen LogP) is 1.74. The Labute approximate surface area is 59.2 Å². The SMILES string of the molecule is C[C@]1(N=C=S)CC=CO1. The highest BCUT2D eigenvalue weighted by molar-refractivity contribution is 7.78. The number of aliphatic imine (C=N–C) groups is 1. The van der Waals surface area contributed by atoms with Crippen LogP contribution in [0.4, 0.5) is 0 Å². The zero-order chi connectivity index (χ0) is 6.74. The van der Waals surface area contributed by atoms with Crippen molar-refractivity contribution in [1.29, 1.82) is 0 Å². The summed E-state index contributed by atoms with van der Waals surface area (Å²) in [7, 11) is 0. The molecule has 0 aromatic rings. The highest BCUT2D eigenvalue weighted by Gasteiger charge is 2.24. The highest BCUT2D eigenvalue weighted by atomic mass is 32.1. The molecule has 0 amide bonds. The summed E-state index contributed by atoms with van der Waals surface area (Å²) >= 11 is 4.44. The average molecular weight is 141 g/mol. The van der Waals surface area contributed by atoms with Gasteiger partial charge in [0.25, 0.3) is 0 Å². The number of hydrogen-bond donors (Lipinski definition) is 0. The van der Waals surface area contributed by atoms with Gasteiger partial charge in [0.2, 0.25) is 5.72 Å². The lowest BCUT2D eigenvalue weighted by atomic mass is 10.2. The Morgan fingerprint density at radius 3 is 3.11 bits per heavy atom. The second-order valence-electron chi connectivity index (χ2n) is 2.07. The summed E-state index contributed by atoms with van der Waals surface area (Å²) in [5, 5.41) is 2.29. The third-order valence-corrected chi connectivity index (χ3v) is 1.29. The number of isothiocyanates is 1. The number of thiocarbonyl (C=S) groups is 1. The van der Waals surface area contributed by atoms with Gasteiger partial charge in [0.05, 0.1) is 11.4 Å². The van der Waals surface area contributed by atoms with Crippen molar-refractivity contribution in [2.75, 3.05) is 0 Å². The molecule has 1 heterocycles. The fourth-order valence-electron chi connectivity index (χ4n) is 0.678. The summed E-state index contributed by atoms with van der Waals surface area (Å²) in [6.07, 6.45) is 4.34. The highest BCUT2D eigenvalue weighted by Crippen LogP contribution is 2.22. The summed E-state index contributed by atoms with van der Waals surface area (Å²) in [5.74, 6) is 0. The van der Waals surface area contributed by atoms with Crippen LogP contribution in [0.5, 0.6) is 0 Å². The summed E-state index contributed by atoms with van der Waals surface area (Å²) in [6, 6.07) is 0. The lowest BCUT2D eigenvalue weighted by Gasteiger charge is -2.15. The van der Waals surface area contributed by atoms with E-state index in [-0.39, 0.29) is 0 Å². The molecule has 0 saturated heterocycles. The maximum Gasteiger partial charge on any atom is 0.209 e. The maximum absolute atomic E-state index is 5.10. The number of hydrogen-bond acceptors (Lipinski definition) is 3. The van der Waals surface area contributed by atoms with E-state index >= 15 is 0 Å². The quantitative estimate of drug-likeness (QED) is 0.410. The minimum absolute atomic E-state index is 0.457. The monoisotopic (exact) mass is 141 g/mol. The van der Waals surface area contributed by atoms with Crippen molar-refractivity contribution >= 4 is 17.4 Å². The molecular weight excluding hydrogens is 134 g/mol. The molecule has 1 rings (SSSR count). The largest absolute Gasteiger partial charge is 0.473 e. The second-order valence-corrected chi connectivity index (χ2v) is 2.25. The molecular formula is C6H7NOS. The Balaban J connectivity index is 2.65. The van der Waals surface area contributed by atoms with Gasteiger partial charge in [-0.05, 0) is 25.2 Å². The van der Waals surface area contributed by atoms with E-state index in [0.717, 1.165) is 6.42 Å². The van der Waals surface area contributed by atoms with Gasteiger partial charge in [0.1, 0.15) is 0 Å². The van der Waals surface area contributed by atoms with Crippen LogP contribution in [0, 0.1) is 0 Å². The van der Waals surface area contributed by atoms with Crippen LogP contribution in [0.25, 0.3) is 0 Å². The number of ether oxygens (including phenoxy) is 1. The smallest absolute Gasteiger partial charge is 0.209 e. The molecule has 1 aliphatic rings. The molecule has 48 valence electrons. The van der Waals surface area contributed by atoms with Gasteiger partial charge in [0.15, 0.2) is 0 Å². The Kier molecular flexibility index (Phi) is 1.65. The Bertz CT molecular complexity index is 173. The van der Waals surface area contributed by atoms with Crippen molar-refractivity contribution in [2.24, 2.45) is 4.99 Å². The van der Waals surface area contributed by atoms with Gasteiger partial charge in [-0.15, -0.1) is 0 Å². The summed E-state index contributed by atoms with van der Waals surface area (Å²) in [6.45, 7) is 1.87. The molecule has 0 bridgehead atoms. The van der Waals surface area contributed by atoms with Gasteiger partial charge in [-0.25, -0.2) is 0 Å². The Morgan fingerprint density at radius 2 is 2.67 bits per heavy atom. The standard InChI is InChI=1S/C6H7NOS/c1-6(7-5-9)3-2-4-8-6/h2,4H,3H2,1H3/t6-/m1/s1. The second kappa shape index (κ2) is 2.29. The molecule has 2 nitrogen and oxygen atoms in total. The third kappa shape index (κ3) is 1.37. The topological polar surface area (TPSA) is 21.6 Å². The van der Waals surface area contributed by atoms with Crippen molar-refractivity contribution in [3.63, 3.8) is 0 Å². The first kappa shape index (κ1) is 6.46. The number of rotatable bonds is 1. The van der Waals surface area contributed by atoms with E-state index < -0.39 is 5.72 Å². The lowest BCUT2D eigenvalue weighted by molar-refractivity contribution is 0.0739. The van der Waals surface area contributed by atoms with Crippen LogP contribution in [0.3, 0.4) is 0 Å². The molecule has 0 spiro atoms. The molecule has 0 fully saturated rings. The minimum atomic E-state index is -0.457. The van der Waals surface area contributed by atoms with Crippen LogP contribution in [0.1, 0.15) is 13.3 Å². The molecule has 0 radical (unpaired) electrons. The van der Waals surface area contributed by atoms with Crippen LogP contribution in [-0.4, -0.2) is 10.9 Å². The van der Waals surface area contributed by atoms with Crippen molar-refractivity contribution in [1.82, 2.24) is 0 Å². The molecule has 0 aromatic heterocycles. The first-order valence-corrected chi connectivity index (χ1v) is 3.09. The molecule has 0 aromatic carbocycles. The molecule has 1 atom stereocenters. The van der Waals surface area contributed by atoms with Gasteiger partial charge in [-0.2, -0.15) is 4.99 Å². The van der Waals surface area contributed by atoms with Crippen molar-refractivity contribution in [2.45, 2.75) is 19.1 Å². The van der Waals surface area contributed by atoms with Gasteiger partial charge >= 0.3 is 0 Å². The van der Waals surface area contributed by atoms with Crippen molar-refractivity contribution < 1.29 is 4.74 Å². The Morgan fingerprint density at radius 1 is 1.89 bits per heavy atom. The predicted molar refractivity (Wildman–Crippen MR) is 38.3 cm³/mol. The van der Waals surface area contributed by atoms with E-state index in [1.165, 1.54) is 0 Å². The fraction of sp³-hybridized carbons (Fsp3) is 0.500. The maximum atomic E-state index is 5.10. The van der Waals surface area contributed by atoms with Crippen molar-refractivity contribution in [3.8, 4) is 0 Å². The molecule has 0 aliphatic carbocycles. The van der Waals surface area contributed by atoms with E-state index in [1.54, 1.807) is 6.26 Å². The molecule has 0 unspecified atom stereocenters. The van der Waals surface area contributed by atoms with Gasteiger partial charge in [0, 0.05) is 6.42 Å². The molecule has 9 heavy (non-hydrogen) atoms. The zero-order valence-corrected chi connectivity index (χ0v) is 5.94. The normalized spacial score (nSPS) is 31.2. The first-order chi connectivity index (χ1) is 4.27. The molecule has 1 aliphatic heterocycles. The average Bonchev–Trinajstić information content (AvgIpc) is 2.16. The fourth-order valence-corrected chi connectivity index (χ4v) is 0.871. The van der Waals surface area contributed by atoms with Gasteiger partial charge in [-0.3, -0.25) is 0 Å².